The Bertz CT molecular complexity index is 710. The largest absolute Gasteiger partial charge is 0.351 e. The molecule has 0 bridgehead atoms. The van der Waals surface area contributed by atoms with Gasteiger partial charge < -0.3 is 5.73 Å². The van der Waals surface area contributed by atoms with Gasteiger partial charge in [0.05, 0.1) is 0 Å². The quantitative estimate of drug-likeness (QED) is 0.545. The van der Waals surface area contributed by atoms with Crippen molar-refractivity contribution in [2.24, 2.45) is 5.73 Å². The predicted molar refractivity (Wildman–Crippen MR) is 99.6 cm³/mol. The minimum Gasteiger partial charge on any atom is -0.351 e. The predicted octanol–water partition coefficient (Wildman–Crippen LogP) is 4.20. The lowest BCUT2D eigenvalue weighted by Crippen LogP contribution is -2.48. The Balaban J connectivity index is 2.39. The maximum atomic E-state index is 12.1. The third-order valence-corrected chi connectivity index (χ3v) is 4.60. The highest BCUT2D eigenvalue weighted by atomic mass is 32.1. The van der Waals surface area contributed by atoms with Gasteiger partial charge >= 0.3 is 6.03 Å². The molecule has 0 unspecified atom stereocenters. The maximum Gasteiger partial charge on any atom is 0.326 e. The zero-order chi connectivity index (χ0) is 17.0. The van der Waals surface area contributed by atoms with Crippen molar-refractivity contribution in [1.29, 1.82) is 0 Å². The molecule has 0 fully saturated rings. The number of hydrogen-bond acceptors (Lipinski definition) is 2. The second-order valence-electron chi connectivity index (χ2n) is 5.46. The van der Waals surface area contributed by atoms with Crippen molar-refractivity contribution in [1.82, 2.24) is 4.31 Å². The first-order valence-corrected chi connectivity index (χ1v) is 8.02. The van der Waals surface area contributed by atoms with Crippen molar-refractivity contribution >= 4 is 18.8 Å². The number of thiol groups is 1. The minimum atomic E-state index is -0.918. The average Bonchev–Trinajstić information content (AvgIpc) is 2.65. The lowest BCUT2D eigenvalue weighted by molar-refractivity contribution is 0.218. The number of carbonyl (C=O) groups is 1. The molecule has 0 aliphatic heterocycles. The summed E-state index contributed by atoms with van der Waals surface area (Å²) in [6.07, 6.45) is 0. The van der Waals surface area contributed by atoms with E-state index in [2.05, 4.69) is 12.8 Å². The lowest BCUT2D eigenvalue weighted by Gasteiger charge is -2.41. The first kappa shape index (κ1) is 16.1. The van der Waals surface area contributed by atoms with E-state index in [-0.39, 0.29) is 0 Å². The van der Waals surface area contributed by atoms with Crippen LogP contribution >= 0.6 is 12.8 Å². The highest BCUT2D eigenvalue weighted by molar-refractivity contribution is 7.78. The zero-order valence-corrected chi connectivity index (χ0v) is 13.9. The van der Waals surface area contributed by atoms with Gasteiger partial charge in [-0.25, -0.2) is 4.79 Å². The third-order valence-electron chi connectivity index (χ3n) is 4.10. The number of carbonyl (C=O) groups excluding carboxylic acids is 1. The fourth-order valence-electron chi connectivity index (χ4n) is 3.07. The number of hydrogen-bond donors (Lipinski definition) is 2. The third kappa shape index (κ3) is 2.65. The van der Waals surface area contributed by atoms with E-state index in [1.54, 1.807) is 0 Å². The first-order valence-electron chi connectivity index (χ1n) is 7.62. The van der Waals surface area contributed by atoms with Crippen LogP contribution < -0.4 is 5.73 Å². The van der Waals surface area contributed by atoms with Gasteiger partial charge in [-0.3, -0.25) is 4.31 Å². The van der Waals surface area contributed by atoms with Crippen LogP contribution in [0.2, 0.25) is 0 Å². The molecule has 0 atom stereocenters. The molecule has 3 aromatic carbocycles. The van der Waals surface area contributed by atoms with Gasteiger partial charge in [0.15, 0.2) is 0 Å². The molecule has 3 nitrogen and oxygen atoms in total. The summed E-state index contributed by atoms with van der Waals surface area (Å²) in [5.41, 5.74) is 7.47. The van der Waals surface area contributed by atoms with Crippen LogP contribution in [0.4, 0.5) is 4.79 Å². The summed E-state index contributed by atoms with van der Waals surface area (Å²) in [4.78, 5) is 12.1. The lowest BCUT2D eigenvalue weighted by atomic mass is 9.77. The van der Waals surface area contributed by atoms with Crippen LogP contribution in [0.25, 0.3) is 0 Å². The van der Waals surface area contributed by atoms with Crippen molar-refractivity contribution in [2.45, 2.75) is 5.54 Å². The zero-order valence-electron chi connectivity index (χ0n) is 13.0. The molecule has 0 aromatic heterocycles. The van der Waals surface area contributed by atoms with E-state index in [9.17, 15) is 4.79 Å². The SMILES string of the molecule is NC(=O)N(S)C(c1ccccc1)(c1ccccc1)c1ccccc1. The molecule has 0 heterocycles. The number of urea groups is 1. The number of benzene rings is 3. The summed E-state index contributed by atoms with van der Waals surface area (Å²) in [5.74, 6) is 0. The van der Waals surface area contributed by atoms with Crippen LogP contribution in [0.15, 0.2) is 91.0 Å². The van der Waals surface area contributed by atoms with Gasteiger partial charge in [-0.15, -0.1) is 0 Å². The number of rotatable bonds is 4. The fraction of sp³-hybridized carbons (Fsp3) is 0.0500. The van der Waals surface area contributed by atoms with Gasteiger partial charge in [0.1, 0.15) is 5.54 Å². The van der Waals surface area contributed by atoms with Gasteiger partial charge in [0.25, 0.3) is 0 Å². The molecule has 2 amide bonds. The maximum absolute atomic E-state index is 12.1. The summed E-state index contributed by atoms with van der Waals surface area (Å²) < 4.78 is 1.30. The van der Waals surface area contributed by atoms with Gasteiger partial charge in [0, 0.05) is 0 Å². The number of nitrogens with zero attached hydrogens (tertiary/aromatic N) is 1. The topological polar surface area (TPSA) is 46.3 Å². The van der Waals surface area contributed by atoms with Gasteiger partial charge in [0.2, 0.25) is 0 Å². The van der Waals surface area contributed by atoms with E-state index < -0.39 is 11.6 Å². The number of nitrogens with two attached hydrogens (primary N) is 1. The molecule has 0 aliphatic carbocycles. The summed E-state index contributed by atoms with van der Waals surface area (Å²) >= 11 is 4.50. The summed E-state index contributed by atoms with van der Waals surface area (Å²) in [6.45, 7) is 0. The normalized spacial score (nSPS) is 11.0. The Hall–Kier alpha value is -2.72. The van der Waals surface area contributed by atoms with Crippen LogP contribution in [0.1, 0.15) is 16.7 Å². The van der Waals surface area contributed by atoms with Crippen LogP contribution in [0.3, 0.4) is 0 Å². The molecular weight excluding hydrogens is 316 g/mol. The van der Waals surface area contributed by atoms with E-state index in [4.69, 9.17) is 5.73 Å². The molecule has 3 aromatic rings. The van der Waals surface area contributed by atoms with Crippen LogP contribution in [0.5, 0.6) is 0 Å². The molecular formula is C20H18N2OS. The van der Waals surface area contributed by atoms with Crippen molar-refractivity contribution in [2.75, 3.05) is 0 Å². The van der Waals surface area contributed by atoms with Crippen molar-refractivity contribution in [3.63, 3.8) is 0 Å². The second kappa shape index (κ2) is 6.81. The van der Waals surface area contributed by atoms with E-state index in [1.165, 1.54) is 4.31 Å². The van der Waals surface area contributed by atoms with Gasteiger partial charge in [-0.2, -0.15) is 0 Å². The molecule has 0 saturated carbocycles. The Morgan fingerprint density at radius 2 is 1.00 bits per heavy atom. The van der Waals surface area contributed by atoms with Crippen LogP contribution in [-0.2, 0) is 5.54 Å². The van der Waals surface area contributed by atoms with Gasteiger partial charge in [-0.1, -0.05) is 104 Å². The number of amides is 2. The standard InChI is InChI=1S/C20H18N2OS/c21-19(23)22(24)20(16-10-4-1-5-11-16,17-12-6-2-7-13-17)18-14-8-3-9-15-18/h1-15,24H,(H2,21,23). The van der Waals surface area contributed by atoms with Crippen molar-refractivity contribution in [3.8, 4) is 0 Å². The van der Waals surface area contributed by atoms with E-state index in [0.29, 0.717) is 0 Å². The monoisotopic (exact) mass is 334 g/mol. The Labute approximate surface area is 147 Å². The molecule has 120 valence electrons. The molecule has 2 N–H and O–H groups in total. The van der Waals surface area contributed by atoms with E-state index >= 15 is 0 Å². The smallest absolute Gasteiger partial charge is 0.326 e. The highest BCUT2D eigenvalue weighted by Gasteiger charge is 2.43. The highest BCUT2D eigenvalue weighted by Crippen LogP contribution is 2.43. The molecule has 24 heavy (non-hydrogen) atoms. The minimum absolute atomic E-state index is 0.616. The first-order chi connectivity index (χ1) is 11.7. The molecule has 0 radical (unpaired) electrons. The Kier molecular flexibility index (Phi) is 4.58. The van der Waals surface area contributed by atoms with Crippen molar-refractivity contribution < 1.29 is 4.79 Å². The molecule has 4 heteroatoms. The molecule has 3 rings (SSSR count). The van der Waals surface area contributed by atoms with Gasteiger partial charge in [-0.05, 0) is 16.7 Å². The van der Waals surface area contributed by atoms with Crippen molar-refractivity contribution in [3.05, 3.63) is 108 Å². The Morgan fingerprint density at radius 1 is 0.708 bits per heavy atom. The molecule has 0 saturated heterocycles. The number of primary amides is 1. The molecule has 0 spiro atoms. The molecule has 0 aliphatic rings. The van der Waals surface area contributed by atoms with Crippen LogP contribution in [0, 0.1) is 0 Å². The fourth-order valence-corrected chi connectivity index (χ4v) is 3.42. The van der Waals surface area contributed by atoms with E-state index in [1.807, 2.05) is 91.0 Å². The van der Waals surface area contributed by atoms with E-state index in [0.717, 1.165) is 16.7 Å². The summed E-state index contributed by atoms with van der Waals surface area (Å²) in [5, 5.41) is 0. The van der Waals surface area contributed by atoms with Crippen LogP contribution in [-0.4, -0.2) is 10.3 Å². The Morgan fingerprint density at radius 3 is 1.25 bits per heavy atom. The summed E-state index contributed by atoms with van der Waals surface area (Å²) in [6, 6.07) is 28.7. The second-order valence-corrected chi connectivity index (χ2v) is 5.86. The summed E-state index contributed by atoms with van der Waals surface area (Å²) in [7, 11) is 0. The average molecular weight is 334 g/mol.